The van der Waals surface area contributed by atoms with Gasteiger partial charge in [0.25, 0.3) is 6.65 Å². The molecule has 0 saturated heterocycles. The number of carbonyl (C=O) groups is 2. The minimum Gasteiger partial charge on any atom is -0.356 e. The van der Waals surface area contributed by atoms with E-state index in [-0.39, 0.29) is 17.1 Å². The van der Waals surface area contributed by atoms with Crippen molar-refractivity contribution in [2.45, 2.75) is 90.2 Å². The quantitative estimate of drug-likeness (QED) is 0.272. The molecule has 0 aromatic rings. The van der Waals surface area contributed by atoms with Crippen molar-refractivity contribution in [3.8, 4) is 0 Å². The first kappa shape index (κ1) is 26.5. The highest BCUT2D eigenvalue weighted by Gasteiger charge is 2.31. The summed E-state index contributed by atoms with van der Waals surface area (Å²) in [6.45, 7) is 4.00. The highest BCUT2D eigenvalue weighted by atomic mass is 32.7. The van der Waals surface area contributed by atoms with Crippen LogP contribution in [-0.4, -0.2) is 42.4 Å². The van der Waals surface area contributed by atoms with E-state index in [9.17, 15) is 14.2 Å². The summed E-state index contributed by atoms with van der Waals surface area (Å²) in [7, 11) is 3.28. The average Bonchev–Trinajstić information content (AvgIpc) is 2.66. The Morgan fingerprint density at radius 3 is 2.26 bits per heavy atom. The second-order valence-corrected chi connectivity index (χ2v) is 12.2. The molecule has 0 fully saturated rings. The number of amides is 2. The summed E-state index contributed by atoms with van der Waals surface area (Å²) >= 11 is 1.35. The number of nitrogens with one attached hydrogen (secondary N) is 2. The summed E-state index contributed by atoms with van der Waals surface area (Å²) < 4.78 is 14.3. The molecular weight excluding hydrogens is 381 g/mol. The molecule has 0 bridgehead atoms. The Morgan fingerprint density at radius 2 is 1.67 bits per heavy atom. The lowest BCUT2D eigenvalue weighted by Gasteiger charge is -2.28. The van der Waals surface area contributed by atoms with Gasteiger partial charge in [-0.15, -0.1) is 0 Å². The fraction of sp³-hybridized carbons (Fsp3) is 0.895. The SMILES string of the molecule is CCCCCC(=O)NCCCCCCC(=O)N(C)P(=O)(NC)SC(C)CC. The Hall–Kier alpha value is -0.520. The van der Waals surface area contributed by atoms with E-state index in [0.717, 1.165) is 51.4 Å². The monoisotopic (exact) mass is 421 g/mol. The molecule has 2 amide bonds. The maximum absolute atomic E-state index is 12.9. The van der Waals surface area contributed by atoms with E-state index in [4.69, 9.17) is 0 Å². The van der Waals surface area contributed by atoms with E-state index in [2.05, 4.69) is 17.3 Å². The van der Waals surface area contributed by atoms with Crippen LogP contribution in [0.1, 0.15) is 85.0 Å². The number of hydrogen-bond acceptors (Lipinski definition) is 4. The van der Waals surface area contributed by atoms with Gasteiger partial charge in [-0.1, -0.05) is 57.8 Å². The van der Waals surface area contributed by atoms with Crippen LogP contribution in [0.5, 0.6) is 0 Å². The molecule has 0 rings (SSSR count). The molecule has 27 heavy (non-hydrogen) atoms. The van der Waals surface area contributed by atoms with Crippen molar-refractivity contribution in [3.05, 3.63) is 0 Å². The largest absolute Gasteiger partial charge is 0.356 e. The minimum atomic E-state index is -2.91. The van der Waals surface area contributed by atoms with Crippen LogP contribution in [0.15, 0.2) is 0 Å². The van der Waals surface area contributed by atoms with Crippen LogP contribution in [0.4, 0.5) is 0 Å². The standard InChI is InChI=1S/C19H40N3O3PS/c1-6-8-11-14-18(23)21-16-13-10-9-12-15-19(24)22(5)26(25,20-4)27-17(3)7-2/h17H,6-16H2,1-5H3,(H,20,25)(H,21,23). The van der Waals surface area contributed by atoms with Crippen LogP contribution in [0.25, 0.3) is 0 Å². The van der Waals surface area contributed by atoms with E-state index >= 15 is 0 Å². The van der Waals surface area contributed by atoms with E-state index < -0.39 is 6.65 Å². The van der Waals surface area contributed by atoms with Crippen molar-refractivity contribution in [1.82, 2.24) is 15.1 Å². The summed E-state index contributed by atoms with van der Waals surface area (Å²) in [5.41, 5.74) is 0. The Balaban J connectivity index is 3.95. The second kappa shape index (κ2) is 15.4. The van der Waals surface area contributed by atoms with Gasteiger partial charge in [-0.3, -0.25) is 18.8 Å². The van der Waals surface area contributed by atoms with E-state index in [1.807, 2.05) is 13.8 Å². The fourth-order valence-corrected chi connectivity index (χ4v) is 7.01. The molecule has 0 aromatic heterocycles. The Morgan fingerprint density at radius 1 is 1.04 bits per heavy atom. The number of hydrogen-bond donors (Lipinski definition) is 2. The first-order valence-corrected chi connectivity index (χ1v) is 13.5. The van der Waals surface area contributed by atoms with Crippen LogP contribution in [-0.2, 0) is 14.2 Å². The maximum atomic E-state index is 12.9. The molecule has 0 radical (unpaired) electrons. The molecule has 0 saturated carbocycles. The molecule has 2 unspecified atom stereocenters. The number of nitrogens with zero attached hydrogens (tertiary/aromatic N) is 1. The second-order valence-electron chi connectivity index (χ2n) is 6.96. The molecule has 0 aliphatic carbocycles. The third-order valence-corrected chi connectivity index (χ3v) is 10.4. The maximum Gasteiger partial charge on any atom is 0.294 e. The van der Waals surface area contributed by atoms with Crippen LogP contribution >= 0.6 is 18.0 Å². The Kier molecular flexibility index (Phi) is 15.1. The van der Waals surface area contributed by atoms with E-state index in [1.165, 1.54) is 16.1 Å². The molecule has 2 atom stereocenters. The lowest BCUT2D eigenvalue weighted by Crippen LogP contribution is -2.28. The van der Waals surface area contributed by atoms with Gasteiger partial charge in [0.2, 0.25) is 11.8 Å². The normalized spacial score (nSPS) is 14.4. The summed E-state index contributed by atoms with van der Waals surface area (Å²) in [6.07, 6.45) is 8.77. The fourth-order valence-electron chi connectivity index (χ4n) is 2.51. The first-order chi connectivity index (χ1) is 12.8. The van der Waals surface area contributed by atoms with Crippen molar-refractivity contribution in [3.63, 3.8) is 0 Å². The smallest absolute Gasteiger partial charge is 0.294 e. The lowest BCUT2D eigenvalue weighted by molar-refractivity contribution is -0.125. The van der Waals surface area contributed by atoms with Crippen molar-refractivity contribution < 1.29 is 14.2 Å². The van der Waals surface area contributed by atoms with Gasteiger partial charge in [0.15, 0.2) is 0 Å². The highest BCUT2D eigenvalue weighted by molar-refractivity contribution is 8.57. The van der Waals surface area contributed by atoms with Crippen molar-refractivity contribution >= 4 is 29.8 Å². The third-order valence-electron chi connectivity index (χ3n) is 4.58. The summed E-state index contributed by atoms with van der Waals surface area (Å²) in [5, 5.41) is 6.04. The van der Waals surface area contributed by atoms with Crippen molar-refractivity contribution in [2.75, 3.05) is 20.6 Å². The number of unbranched alkanes of at least 4 members (excludes halogenated alkanes) is 5. The Bertz CT molecular complexity index is 477. The van der Waals surface area contributed by atoms with Gasteiger partial charge in [-0.2, -0.15) is 0 Å². The lowest BCUT2D eigenvalue weighted by atomic mass is 10.1. The third kappa shape index (κ3) is 11.8. The molecule has 160 valence electrons. The molecule has 0 aliphatic rings. The molecule has 2 N–H and O–H groups in total. The van der Waals surface area contributed by atoms with Gasteiger partial charge in [-0.25, -0.2) is 5.09 Å². The van der Waals surface area contributed by atoms with Gasteiger partial charge >= 0.3 is 0 Å². The van der Waals surface area contributed by atoms with Crippen molar-refractivity contribution in [2.24, 2.45) is 0 Å². The van der Waals surface area contributed by atoms with Crippen LogP contribution in [0, 0.1) is 0 Å². The summed E-state index contributed by atoms with van der Waals surface area (Å²) in [4.78, 5) is 24.0. The molecule has 0 aliphatic heterocycles. The van der Waals surface area contributed by atoms with E-state index in [1.54, 1.807) is 14.1 Å². The molecular formula is C19H40N3O3PS. The first-order valence-electron chi connectivity index (χ1n) is 10.3. The average molecular weight is 422 g/mol. The number of carbonyl (C=O) groups excluding carboxylic acids is 2. The minimum absolute atomic E-state index is 0.0762. The number of rotatable bonds is 16. The molecule has 0 aromatic carbocycles. The molecule has 8 heteroatoms. The Labute approximate surface area is 170 Å². The zero-order chi connectivity index (χ0) is 20.7. The highest BCUT2D eigenvalue weighted by Crippen LogP contribution is 2.59. The predicted octanol–water partition coefficient (Wildman–Crippen LogP) is 4.95. The zero-order valence-corrected chi connectivity index (χ0v) is 19.6. The molecule has 6 nitrogen and oxygen atoms in total. The molecule has 0 heterocycles. The van der Waals surface area contributed by atoms with E-state index in [0.29, 0.717) is 19.4 Å². The van der Waals surface area contributed by atoms with Crippen molar-refractivity contribution in [1.29, 1.82) is 0 Å². The van der Waals surface area contributed by atoms with Gasteiger partial charge in [0.1, 0.15) is 0 Å². The molecule has 0 spiro atoms. The van der Waals surface area contributed by atoms with Crippen LogP contribution in [0.2, 0.25) is 0 Å². The van der Waals surface area contributed by atoms with Gasteiger partial charge < -0.3 is 5.32 Å². The van der Waals surface area contributed by atoms with Gasteiger partial charge in [-0.05, 0) is 32.7 Å². The van der Waals surface area contributed by atoms with Crippen LogP contribution < -0.4 is 10.4 Å². The van der Waals surface area contributed by atoms with Gasteiger partial charge in [0, 0.05) is 31.7 Å². The summed E-state index contributed by atoms with van der Waals surface area (Å²) in [6, 6.07) is 0. The van der Waals surface area contributed by atoms with Crippen LogP contribution in [0.3, 0.4) is 0 Å². The van der Waals surface area contributed by atoms with Gasteiger partial charge in [0.05, 0.1) is 0 Å². The summed E-state index contributed by atoms with van der Waals surface area (Å²) in [5.74, 6) is 0.0644. The predicted molar refractivity (Wildman–Crippen MR) is 117 cm³/mol. The topological polar surface area (TPSA) is 78.5 Å². The zero-order valence-electron chi connectivity index (χ0n) is 17.9.